The Balaban J connectivity index is 2.51. The molecule has 0 heterocycles. The van der Waals surface area contributed by atoms with E-state index in [9.17, 15) is 4.39 Å². The summed E-state index contributed by atoms with van der Waals surface area (Å²) in [4.78, 5) is 0. The molecule has 64 valence electrons. The molecule has 3 unspecified atom stereocenters. The van der Waals surface area contributed by atoms with Crippen LogP contribution in [-0.2, 0) is 4.74 Å². The highest BCUT2D eigenvalue weighted by molar-refractivity contribution is 5.02. The van der Waals surface area contributed by atoms with Crippen LogP contribution in [0.5, 0.6) is 0 Å². The number of ether oxygens (including phenoxy) is 1. The third kappa shape index (κ3) is 2.03. The van der Waals surface area contributed by atoms with E-state index in [0.717, 1.165) is 6.42 Å². The third-order valence-corrected chi connectivity index (χ3v) is 2.27. The van der Waals surface area contributed by atoms with Gasteiger partial charge in [-0.15, -0.1) is 0 Å². The average molecular weight is 158 g/mol. The van der Waals surface area contributed by atoms with Crippen molar-refractivity contribution < 1.29 is 9.13 Å². The second-order valence-electron chi connectivity index (χ2n) is 2.98. The van der Waals surface area contributed by atoms with Gasteiger partial charge in [0.1, 0.15) is 6.17 Å². The van der Waals surface area contributed by atoms with Gasteiger partial charge < -0.3 is 4.74 Å². The number of alkyl halides is 1. The highest BCUT2D eigenvalue weighted by Gasteiger charge is 2.24. The molecule has 0 aliphatic heterocycles. The molecule has 0 bridgehead atoms. The fourth-order valence-electron chi connectivity index (χ4n) is 1.43. The van der Waals surface area contributed by atoms with E-state index in [1.807, 2.05) is 19.1 Å². The smallest absolute Gasteiger partial charge is 0.109 e. The maximum Gasteiger partial charge on any atom is 0.109 e. The van der Waals surface area contributed by atoms with Crippen LogP contribution < -0.4 is 0 Å². The maximum absolute atomic E-state index is 13.2. The minimum Gasteiger partial charge on any atom is -0.377 e. The van der Waals surface area contributed by atoms with E-state index in [2.05, 4.69) is 0 Å². The number of hydrogen-bond donors (Lipinski definition) is 0. The van der Waals surface area contributed by atoms with Gasteiger partial charge >= 0.3 is 0 Å². The number of hydrogen-bond acceptors (Lipinski definition) is 1. The van der Waals surface area contributed by atoms with Gasteiger partial charge in [0.05, 0.1) is 6.10 Å². The zero-order valence-corrected chi connectivity index (χ0v) is 7.09. The van der Waals surface area contributed by atoms with Crippen LogP contribution in [0.4, 0.5) is 4.39 Å². The second-order valence-corrected chi connectivity index (χ2v) is 2.98. The van der Waals surface area contributed by atoms with E-state index in [0.29, 0.717) is 6.42 Å². The van der Waals surface area contributed by atoms with Crippen molar-refractivity contribution in [1.82, 2.24) is 0 Å². The van der Waals surface area contributed by atoms with Gasteiger partial charge in [-0.3, -0.25) is 0 Å². The molecule has 0 N–H and O–H groups in total. The Morgan fingerprint density at radius 1 is 1.55 bits per heavy atom. The Hall–Kier alpha value is -0.370. The van der Waals surface area contributed by atoms with Crippen molar-refractivity contribution in [3.63, 3.8) is 0 Å². The number of methoxy groups -OCH3 is 1. The number of rotatable bonds is 2. The summed E-state index contributed by atoms with van der Waals surface area (Å²) in [6.45, 7) is 2.01. The Morgan fingerprint density at radius 3 is 2.73 bits per heavy atom. The molecule has 1 rings (SSSR count). The first kappa shape index (κ1) is 8.72. The molecule has 1 aliphatic rings. The number of allylic oxidation sites excluding steroid dienone is 1. The van der Waals surface area contributed by atoms with E-state index < -0.39 is 6.17 Å². The summed E-state index contributed by atoms with van der Waals surface area (Å²) < 4.78 is 18.2. The van der Waals surface area contributed by atoms with Crippen LogP contribution >= 0.6 is 0 Å². The van der Waals surface area contributed by atoms with Crippen LogP contribution in [0.2, 0.25) is 0 Å². The first-order chi connectivity index (χ1) is 5.27. The van der Waals surface area contributed by atoms with E-state index in [-0.39, 0.29) is 12.0 Å². The quantitative estimate of drug-likeness (QED) is 0.560. The summed E-state index contributed by atoms with van der Waals surface area (Å²) in [5.74, 6) is 0.112. The molecule has 0 aromatic heterocycles. The lowest BCUT2D eigenvalue weighted by Gasteiger charge is -2.24. The van der Waals surface area contributed by atoms with Gasteiger partial charge in [0.15, 0.2) is 0 Å². The standard InChI is InChI=1S/C9H15FO/c1-3-7-4-5-8(11-2)6-9(7)10/h4-5,7-9H,3,6H2,1-2H3. The summed E-state index contributed by atoms with van der Waals surface area (Å²) in [6.07, 6.45) is 4.58. The molecule has 0 spiro atoms. The maximum atomic E-state index is 13.2. The van der Waals surface area contributed by atoms with Crippen LogP contribution in [0.3, 0.4) is 0 Å². The molecule has 0 aromatic carbocycles. The first-order valence-electron chi connectivity index (χ1n) is 4.13. The van der Waals surface area contributed by atoms with Crippen LogP contribution in [0.1, 0.15) is 19.8 Å². The van der Waals surface area contributed by atoms with Gasteiger partial charge in [-0.05, 0) is 6.42 Å². The lowest BCUT2D eigenvalue weighted by atomic mass is 9.90. The highest BCUT2D eigenvalue weighted by Crippen LogP contribution is 2.24. The van der Waals surface area contributed by atoms with Gasteiger partial charge in [-0.1, -0.05) is 19.1 Å². The predicted octanol–water partition coefficient (Wildman–Crippen LogP) is 2.33. The van der Waals surface area contributed by atoms with E-state index in [1.54, 1.807) is 7.11 Å². The minimum atomic E-state index is -0.713. The second kappa shape index (κ2) is 3.86. The van der Waals surface area contributed by atoms with Crippen LogP contribution in [0.15, 0.2) is 12.2 Å². The fourth-order valence-corrected chi connectivity index (χ4v) is 1.43. The Morgan fingerprint density at radius 2 is 2.27 bits per heavy atom. The SMILES string of the molecule is CCC1C=CC(OC)CC1F. The van der Waals surface area contributed by atoms with Gasteiger partial charge in [0.25, 0.3) is 0 Å². The van der Waals surface area contributed by atoms with Gasteiger partial charge in [0, 0.05) is 19.4 Å². The normalized spacial score (nSPS) is 37.5. The van der Waals surface area contributed by atoms with Crippen molar-refractivity contribution in [3.05, 3.63) is 12.2 Å². The molecular formula is C9H15FO. The zero-order chi connectivity index (χ0) is 8.27. The topological polar surface area (TPSA) is 9.23 Å². The lowest BCUT2D eigenvalue weighted by Crippen LogP contribution is -2.25. The molecule has 0 aromatic rings. The molecule has 2 heteroatoms. The monoisotopic (exact) mass is 158 g/mol. The Kier molecular flexibility index (Phi) is 3.06. The molecular weight excluding hydrogens is 143 g/mol. The van der Waals surface area contributed by atoms with E-state index in [4.69, 9.17) is 4.74 Å². The van der Waals surface area contributed by atoms with Gasteiger partial charge in [-0.25, -0.2) is 4.39 Å². The first-order valence-corrected chi connectivity index (χ1v) is 4.13. The van der Waals surface area contributed by atoms with Crippen molar-refractivity contribution >= 4 is 0 Å². The van der Waals surface area contributed by atoms with Crippen molar-refractivity contribution in [2.75, 3.05) is 7.11 Å². The predicted molar refractivity (Wildman–Crippen MR) is 43.2 cm³/mol. The third-order valence-electron chi connectivity index (χ3n) is 2.27. The molecule has 0 saturated heterocycles. The lowest BCUT2D eigenvalue weighted by molar-refractivity contribution is 0.0837. The van der Waals surface area contributed by atoms with Gasteiger partial charge in [0.2, 0.25) is 0 Å². The molecule has 0 amide bonds. The molecule has 0 radical (unpaired) electrons. The zero-order valence-electron chi connectivity index (χ0n) is 7.09. The summed E-state index contributed by atoms with van der Waals surface area (Å²) in [5, 5.41) is 0. The summed E-state index contributed by atoms with van der Waals surface area (Å²) in [7, 11) is 1.62. The molecule has 0 fully saturated rings. The van der Waals surface area contributed by atoms with Crippen molar-refractivity contribution in [1.29, 1.82) is 0 Å². The minimum absolute atomic E-state index is 0.00667. The largest absolute Gasteiger partial charge is 0.377 e. The van der Waals surface area contributed by atoms with Gasteiger partial charge in [-0.2, -0.15) is 0 Å². The van der Waals surface area contributed by atoms with E-state index in [1.165, 1.54) is 0 Å². The fraction of sp³-hybridized carbons (Fsp3) is 0.778. The van der Waals surface area contributed by atoms with E-state index >= 15 is 0 Å². The van der Waals surface area contributed by atoms with Crippen LogP contribution in [-0.4, -0.2) is 19.4 Å². The average Bonchev–Trinajstić information content (AvgIpc) is 2.04. The molecule has 1 aliphatic carbocycles. The molecule has 11 heavy (non-hydrogen) atoms. The highest BCUT2D eigenvalue weighted by atomic mass is 19.1. The van der Waals surface area contributed by atoms with Crippen LogP contribution in [0.25, 0.3) is 0 Å². The summed E-state index contributed by atoms with van der Waals surface area (Å²) >= 11 is 0. The molecule has 1 nitrogen and oxygen atoms in total. The molecule has 0 saturated carbocycles. The molecule has 3 atom stereocenters. The van der Waals surface area contributed by atoms with Crippen molar-refractivity contribution in [2.45, 2.75) is 32.0 Å². The Labute approximate surface area is 67.2 Å². The summed E-state index contributed by atoms with van der Waals surface area (Å²) in [6, 6.07) is 0. The van der Waals surface area contributed by atoms with Crippen molar-refractivity contribution in [2.24, 2.45) is 5.92 Å². The Bertz CT molecular complexity index is 144. The summed E-state index contributed by atoms with van der Waals surface area (Å²) in [5.41, 5.74) is 0. The van der Waals surface area contributed by atoms with Crippen LogP contribution in [0, 0.1) is 5.92 Å². The van der Waals surface area contributed by atoms with Crippen molar-refractivity contribution in [3.8, 4) is 0 Å². The number of halogens is 1.